The molecule has 2 aromatic rings. The number of benzene rings is 1. The van der Waals surface area contributed by atoms with E-state index in [1.165, 1.54) is 41.7 Å². The summed E-state index contributed by atoms with van der Waals surface area (Å²) in [5.41, 5.74) is 10.8. The second kappa shape index (κ2) is 14.0. The van der Waals surface area contributed by atoms with Crippen molar-refractivity contribution in [2.75, 3.05) is 13.1 Å². The Morgan fingerprint density at radius 3 is 2.55 bits per heavy atom. The summed E-state index contributed by atoms with van der Waals surface area (Å²) >= 11 is 0. The third kappa shape index (κ3) is 9.88. The molecule has 42 heavy (non-hydrogen) atoms. The van der Waals surface area contributed by atoms with Crippen molar-refractivity contribution >= 4 is 11.8 Å². The van der Waals surface area contributed by atoms with Gasteiger partial charge in [-0.2, -0.15) is 13.2 Å². The summed E-state index contributed by atoms with van der Waals surface area (Å²) in [6.45, 7) is 1.43. The normalized spacial score (nSPS) is 13.8. The van der Waals surface area contributed by atoms with Gasteiger partial charge in [-0.05, 0) is 42.7 Å². The number of carbonyl (C=O) groups is 2. The Bertz CT molecular complexity index is 1310. The van der Waals surface area contributed by atoms with Crippen molar-refractivity contribution in [2.45, 2.75) is 45.0 Å². The summed E-state index contributed by atoms with van der Waals surface area (Å²) in [7, 11) is 0. The van der Waals surface area contributed by atoms with E-state index in [1.54, 1.807) is 11.2 Å². The smallest absolute Gasteiger partial charge is 0.393 e. The van der Waals surface area contributed by atoms with Crippen LogP contribution in [0.5, 0.6) is 0 Å². The molecule has 0 spiro atoms. The fourth-order valence-electron chi connectivity index (χ4n) is 3.72. The van der Waals surface area contributed by atoms with Crippen LogP contribution in [0.15, 0.2) is 66.4 Å². The predicted octanol–water partition coefficient (Wildman–Crippen LogP) is 2.07. The van der Waals surface area contributed by atoms with Crippen LogP contribution in [0.25, 0.3) is 0 Å². The zero-order valence-electron chi connectivity index (χ0n) is 22.6. The number of rotatable bonds is 13. The number of aromatic nitrogens is 1. The molecule has 0 saturated carbocycles. The van der Waals surface area contributed by atoms with Crippen molar-refractivity contribution in [2.24, 2.45) is 11.6 Å². The monoisotopic (exact) mass is 597 g/mol. The van der Waals surface area contributed by atoms with E-state index >= 15 is 0 Å². The SMILES string of the molecule is CC(F)(F)c1ccnc(CNC(=O)C2=CN(CCCCN(N)/C=C(\N)C(=O)NCc3cccc(C(F)(F)F)c3)NN2)c1. The molecule has 2 amide bonds. The van der Waals surface area contributed by atoms with Crippen molar-refractivity contribution in [3.8, 4) is 0 Å². The largest absolute Gasteiger partial charge is 0.416 e. The van der Waals surface area contributed by atoms with Gasteiger partial charge in [0.2, 0.25) is 0 Å². The van der Waals surface area contributed by atoms with Crippen LogP contribution < -0.4 is 33.2 Å². The number of hydrazine groups is 3. The van der Waals surface area contributed by atoms with Crippen molar-refractivity contribution in [3.63, 3.8) is 0 Å². The highest BCUT2D eigenvalue weighted by Crippen LogP contribution is 2.29. The van der Waals surface area contributed by atoms with Gasteiger partial charge in [0.25, 0.3) is 17.7 Å². The number of hydrogen-bond acceptors (Lipinski definition) is 9. The number of nitrogens with two attached hydrogens (primary N) is 2. The molecule has 0 aliphatic carbocycles. The van der Waals surface area contributed by atoms with Gasteiger partial charge >= 0.3 is 6.18 Å². The Balaban J connectivity index is 1.36. The molecule has 0 fully saturated rings. The second-order valence-electron chi connectivity index (χ2n) is 9.49. The molecule has 0 atom stereocenters. The molecule has 3 rings (SSSR count). The van der Waals surface area contributed by atoms with Gasteiger partial charge < -0.3 is 21.4 Å². The Hall–Kier alpha value is -4.44. The lowest BCUT2D eigenvalue weighted by atomic mass is 10.1. The topological polar surface area (TPSA) is 154 Å². The highest BCUT2D eigenvalue weighted by Gasteiger charge is 2.30. The van der Waals surface area contributed by atoms with Gasteiger partial charge in [-0.25, -0.2) is 14.6 Å². The first-order valence-electron chi connectivity index (χ1n) is 12.8. The number of nitrogens with one attached hydrogen (secondary N) is 4. The fraction of sp³-hybridized carbons (Fsp3) is 0.346. The zero-order chi connectivity index (χ0) is 30.9. The molecule has 0 radical (unpaired) electrons. The number of alkyl halides is 5. The average molecular weight is 598 g/mol. The summed E-state index contributed by atoms with van der Waals surface area (Å²) in [4.78, 5) is 28.6. The minimum Gasteiger partial charge on any atom is -0.393 e. The maximum Gasteiger partial charge on any atom is 0.416 e. The summed E-state index contributed by atoms with van der Waals surface area (Å²) in [6, 6.07) is 7.04. The van der Waals surface area contributed by atoms with Crippen LogP contribution in [0.1, 0.15) is 42.1 Å². The number of pyridine rings is 1. The van der Waals surface area contributed by atoms with Crippen LogP contribution in [0.2, 0.25) is 0 Å². The Kier molecular flexibility index (Phi) is 10.7. The maximum absolute atomic E-state index is 13.5. The summed E-state index contributed by atoms with van der Waals surface area (Å²) in [5, 5.41) is 7.92. The first-order chi connectivity index (χ1) is 19.7. The predicted molar refractivity (Wildman–Crippen MR) is 142 cm³/mol. The highest BCUT2D eigenvalue weighted by atomic mass is 19.4. The lowest BCUT2D eigenvalue weighted by Crippen LogP contribution is -2.39. The van der Waals surface area contributed by atoms with Crippen LogP contribution >= 0.6 is 0 Å². The van der Waals surface area contributed by atoms with Crippen LogP contribution in [-0.4, -0.2) is 39.9 Å². The molecule has 11 nitrogen and oxygen atoms in total. The molecule has 228 valence electrons. The molecule has 16 heteroatoms. The molecule has 1 aromatic heterocycles. The van der Waals surface area contributed by atoms with E-state index in [9.17, 15) is 31.5 Å². The standard InChI is InChI=1S/C26H32F5N9O2/c1-25(27,28)18-7-8-34-20(12-18)14-36-24(42)22-16-40(38-37-22)10-3-2-9-39(33)15-21(32)23(41)35-13-17-5-4-6-19(11-17)26(29,30)31/h4-8,11-12,15-16,37-38H,2-3,9-10,13-14,32-33H2,1H3,(H,35,41)(H,36,42)/b21-15-. The van der Waals surface area contributed by atoms with E-state index < -0.39 is 29.5 Å². The lowest BCUT2D eigenvalue weighted by molar-refractivity contribution is -0.137. The molecule has 0 bridgehead atoms. The van der Waals surface area contributed by atoms with E-state index in [1.807, 2.05) is 0 Å². The average Bonchev–Trinajstić information content (AvgIpc) is 3.41. The van der Waals surface area contributed by atoms with E-state index in [0.717, 1.165) is 19.1 Å². The number of hydrogen-bond donors (Lipinski definition) is 6. The quantitative estimate of drug-likeness (QED) is 0.0670. The van der Waals surface area contributed by atoms with Gasteiger partial charge in [0.15, 0.2) is 0 Å². The van der Waals surface area contributed by atoms with Gasteiger partial charge in [0.05, 0.1) is 17.8 Å². The summed E-state index contributed by atoms with van der Waals surface area (Å²) in [5.74, 6) is 1.72. The van der Waals surface area contributed by atoms with Gasteiger partial charge in [0, 0.05) is 50.7 Å². The zero-order valence-corrected chi connectivity index (χ0v) is 22.6. The fourth-order valence-corrected chi connectivity index (χ4v) is 3.72. The number of unbranched alkanes of at least 4 members (excludes halogenated alkanes) is 1. The molecule has 2 heterocycles. The molecule has 0 unspecified atom stereocenters. The molecule has 1 aliphatic rings. The first kappa shape index (κ1) is 32.1. The van der Waals surface area contributed by atoms with E-state index in [0.29, 0.717) is 31.6 Å². The van der Waals surface area contributed by atoms with E-state index in [-0.39, 0.29) is 35.6 Å². The van der Waals surface area contributed by atoms with Gasteiger partial charge in [-0.1, -0.05) is 12.1 Å². The van der Waals surface area contributed by atoms with Gasteiger partial charge in [-0.15, -0.1) is 5.53 Å². The molecular weight excluding hydrogens is 565 g/mol. The number of halogens is 5. The highest BCUT2D eigenvalue weighted by molar-refractivity contribution is 5.93. The Morgan fingerprint density at radius 2 is 1.83 bits per heavy atom. The Labute approximate surface area is 238 Å². The Morgan fingerprint density at radius 1 is 1.07 bits per heavy atom. The van der Waals surface area contributed by atoms with Gasteiger partial charge in [-0.3, -0.25) is 25.0 Å². The van der Waals surface area contributed by atoms with Gasteiger partial charge in [0.1, 0.15) is 11.4 Å². The second-order valence-corrected chi connectivity index (χ2v) is 9.49. The summed E-state index contributed by atoms with van der Waals surface area (Å²) in [6.07, 6.45) is 0.767. The molecule has 1 aromatic carbocycles. The van der Waals surface area contributed by atoms with Crippen LogP contribution in [0.3, 0.4) is 0 Å². The number of nitrogens with zero attached hydrogens (tertiary/aromatic N) is 3. The van der Waals surface area contributed by atoms with Crippen molar-refractivity contribution in [1.82, 2.24) is 36.6 Å². The third-order valence-electron chi connectivity index (χ3n) is 5.96. The first-order valence-corrected chi connectivity index (χ1v) is 12.8. The van der Waals surface area contributed by atoms with Crippen LogP contribution in [-0.2, 0) is 34.8 Å². The number of carbonyl (C=O) groups excluding carboxylic acids is 2. The minimum atomic E-state index is -4.49. The van der Waals surface area contributed by atoms with Crippen molar-refractivity contribution in [1.29, 1.82) is 0 Å². The van der Waals surface area contributed by atoms with E-state index in [4.69, 9.17) is 11.6 Å². The lowest BCUT2D eigenvalue weighted by Gasteiger charge is -2.17. The molecule has 8 N–H and O–H groups in total. The minimum absolute atomic E-state index is 0.0337. The third-order valence-corrected chi connectivity index (χ3v) is 5.96. The van der Waals surface area contributed by atoms with Crippen LogP contribution in [0, 0.1) is 0 Å². The van der Waals surface area contributed by atoms with Crippen molar-refractivity contribution < 1.29 is 31.5 Å². The number of amides is 2. The summed E-state index contributed by atoms with van der Waals surface area (Å²) < 4.78 is 65.5. The maximum atomic E-state index is 13.5. The van der Waals surface area contributed by atoms with Crippen LogP contribution in [0.4, 0.5) is 22.0 Å². The van der Waals surface area contributed by atoms with E-state index in [2.05, 4.69) is 26.6 Å². The molecule has 0 saturated heterocycles. The molecule has 1 aliphatic heterocycles. The van der Waals surface area contributed by atoms with Crippen molar-refractivity contribution in [3.05, 3.63) is 88.8 Å². The molecular formula is C26H32F5N9O2.